The molecule has 0 spiro atoms. The van der Waals surface area contributed by atoms with Crippen molar-refractivity contribution in [2.75, 3.05) is 0 Å². The van der Waals surface area contributed by atoms with Crippen LogP contribution >= 0.6 is 11.6 Å². The van der Waals surface area contributed by atoms with Crippen LogP contribution in [0.1, 0.15) is 45.1 Å². The summed E-state index contributed by atoms with van der Waals surface area (Å²) in [5.41, 5.74) is -0.127. The lowest BCUT2D eigenvalue weighted by Gasteiger charge is -2.28. The lowest BCUT2D eigenvalue weighted by atomic mass is 9.75. The molecule has 2 nitrogen and oxygen atoms in total. The van der Waals surface area contributed by atoms with Crippen molar-refractivity contribution in [2.24, 2.45) is 5.41 Å². The number of unbranched alkanes of at least 4 members (excludes halogenated alkanes) is 1. The van der Waals surface area contributed by atoms with E-state index in [-0.39, 0.29) is 5.02 Å². The summed E-state index contributed by atoms with van der Waals surface area (Å²) in [5.74, 6) is -1.30. The van der Waals surface area contributed by atoms with Crippen LogP contribution in [0.25, 0.3) is 0 Å². The molecule has 0 aliphatic carbocycles. The van der Waals surface area contributed by atoms with E-state index in [1.165, 1.54) is 12.1 Å². The van der Waals surface area contributed by atoms with Gasteiger partial charge in [-0.2, -0.15) is 0 Å². The SMILES string of the molecule is CCCCC(CC)(Cc1ccc(Cl)c(F)c1)C(=O)O. The van der Waals surface area contributed by atoms with Crippen LogP contribution in [0.3, 0.4) is 0 Å². The zero-order valence-corrected chi connectivity index (χ0v) is 12.1. The predicted molar refractivity (Wildman–Crippen MR) is 75.0 cm³/mol. The van der Waals surface area contributed by atoms with Crippen LogP contribution in [0.5, 0.6) is 0 Å². The minimum absolute atomic E-state index is 0.0646. The monoisotopic (exact) mass is 286 g/mol. The molecule has 0 bridgehead atoms. The van der Waals surface area contributed by atoms with Gasteiger partial charge in [-0.15, -0.1) is 0 Å². The fourth-order valence-corrected chi connectivity index (χ4v) is 2.40. The maximum absolute atomic E-state index is 13.4. The summed E-state index contributed by atoms with van der Waals surface area (Å²) in [5, 5.41) is 9.58. The molecule has 0 aromatic heterocycles. The molecule has 0 amide bonds. The van der Waals surface area contributed by atoms with Gasteiger partial charge in [0.25, 0.3) is 0 Å². The summed E-state index contributed by atoms with van der Waals surface area (Å²) < 4.78 is 13.4. The molecule has 0 saturated carbocycles. The van der Waals surface area contributed by atoms with E-state index in [4.69, 9.17) is 11.6 Å². The van der Waals surface area contributed by atoms with Crippen molar-refractivity contribution in [3.63, 3.8) is 0 Å². The molecule has 4 heteroatoms. The van der Waals surface area contributed by atoms with Crippen molar-refractivity contribution in [1.82, 2.24) is 0 Å². The Labute approximate surface area is 118 Å². The molecule has 1 unspecified atom stereocenters. The van der Waals surface area contributed by atoms with Crippen LogP contribution in [-0.2, 0) is 11.2 Å². The Kier molecular flexibility index (Phi) is 5.80. The number of carbonyl (C=O) groups is 1. The Morgan fingerprint density at radius 3 is 2.58 bits per heavy atom. The number of hydrogen-bond donors (Lipinski definition) is 1. The number of hydrogen-bond acceptors (Lipinski definition) is 1. The van der Waals surface area contributed by atoms with Gasteiger partial charge in [-0.3, -0.25) is 4.79 Å². The van der Waals surface area contributed by atoms with Crippen LogP contribution in [0.4, 0.5) is 4.39 Å². The topological polar surface area (TPSA) is 37.3 Å². The van der Waals surface area contributed by atoms with E-state index >= 15 is 0 Å². The number of aliphatic carboxylic acids is 1. The molecule has 1 N–H and O–H groups in total. The Morgan fingerprint density at radius 2 is 2.11 bits per heavy atom. The van der Waals surface area contributed by atoms with Crippen LogP contribution in [0, 0.1) is 11.2 Å². The number of benzene rings is 1. The first-order valence-corrected chi connectivity index (χ1v) is 7.00. The summed E-state index contributed by atoms with van der Waals surface area (Å²) in [6.45, 7) is 3.90. The van der Waals surface area contributed by atoms with Crippen molar-refractivity contribution in [3.05, 3.63) is 34.6 Å². The van der Waals surface area contributed by atoms with Gasteiger partial charge in [-0.25, -0.2) is 4.39 Å². The minimum Gasteiger partial charge on any atom is -0.481 e. The third-order valence-corrected chi connectivity index (χ3v) is 3.97. The molecule has 19 heavy (non-hydrogen) atoms. The van der Waals surface area contributed by atoms with E-state index in [1.54, 1.807) is 6.07 Å². The van der Waals surface area contributed by atoms with Crippen LogP contribution in [-0.4, -0.2) is 11.1 Å². The lowest BCUT2D eigenvalue weighted by Crippen LogP contribution is -2.32. The van der Waals surface area contributed by atoms with Gasteiger partial charge >= 0.3 is 5.97 Å². The molecule has 0 aliphatic rings. The average molecular weight is 287 g/mol. The van der Waals surface area contributed by atoms with Crippen LogP contribution in [0.15, 0.2) is 18.2 Å². The van der Waals surface area contributed by atoms with E-state index in [9.17, 15) is 14.3 Å². The molecule has 1 aromatic carbocycles. The van der Waals surface area contributed by atoms with E-state index < -0.39 is 17.2 Å². The molecule has 0 heterocycles. The van der Waals surface area contributed by atoms with Gasteiger partial charge in [-0.05, 0) is 37.0 Å². The fraction of sp³-hybridized carbons (Fsp3) is 0.533. The second-order valence-corrected chi connectivity index (χ2v) is 5.38. The molecule has 1 atom stereocenters. The van der Waals surface area contributed by atoms with Gasteiger partial charge < -0.3 is 5.11 Å². The summed E-state index contributed by atoms with van der Waals surface area (Å²) in [7, 11) is 0. The van der Waals surface area contributed by atoms with E-state index in [0.29, 0.717) is 24.8 Å². The van der Waals surface area contributed by atoms with Gasteiger partial charge in [-0.1, -0.05) is 44.4 Å². The molecule has 1 rings (SSSR count). The van der Waals surface area contributed by atoms with Crippen molar-refractivity contribution in [2.45, 2.75) is 46.0 Å². The number of halogens is 2. The van der Waals surface area contributed by atoms with E-state index in [1.807, 2.05) is 13.8 Å². The smallest absolute Gasteiger partial charge is 0.309 e. The normalized spacial score (nSPS) is 14.1. The summed E-state index contributed by atoms with van der Waals surface area (Å²) in [4.78, 5) is 11.6. The largest absolute Gasteiger partial charge is 0.481 e. The molecular weight excluding hydrogens is 267 g/mol. The number of carboxylic acids is 1. The fourth-order valence-electron chi connectivity index (χ4n) is 2.28. The highest BCUT2D eigenvalue weighted by molar-refractivity contribution is 6.30. The molecule has 0 saturated heterocycles. The van der Waals surface area contributed by atoms with Gasteiger partial charge in [0.15, 0.2) is 0 Å². The quantitative estimate of drug-likeness (QED) is 0.789. The highest BCUT2D eigenvalue weighted by Gasteiger charge is 2.36. The van der Waals surface area contributed by atoms with Crippen molar-refractivity contribution in [1.29, 1.82) is 0 Å². The Balaban J connectivity index is 2.98. The standard InChI is InChI=1S/C15H20ClFO2/c1-3-5-8-15(4-2,14(18)19)10-11-6-7-12(16)13(17)9-11/h6-7,9H,3-5,8,10H2,1-2H3,(H,18,19). The first-order chi connectivity index (χ1) is 8.95. The molecular formula is C15H20ClFO2. The molecule has 0 aliphatic heterocycles. The van der Waals surface area contributed by atoms with Gasteiger partial charge in [0.2, 0.25) is 0 Å². The number of rotatable bonds is 7. The first kappa shape index (κ1) is 16.0. The minimum atomic E-state index is -0.809. The maximum Gasteiger partial charge on any atom is 0.309 e. The van der Waals surface area contributed by atoms with E-state index in [0.717, 1.165) is 12.8 Å². The highest BCUT2D eigenvalue weighted by Crippen LogP contribution is 2.34. The predicted octanol–water partition coefficient (Wildman–Crippen LogP) is 4.69. The molecule has 1 aromatic rings. The third-order valence-electron chi connectivity index (χ3n) is 3.67. The third kappa shape index (κ3) is 3.93. The maximum atomic E-state index is 13.4. The Hall–Kier alpha value is -1.09. The van der Waals surface area contributed by atoms with Crippen LogP contribution in [0.2, 0.25) is 5.02 Å². The van der Waals surface area contributed by atoms with Gasteiger partial charge in [0.1, 0.15) is 5.82 Å². The van der Waals surface area contributed by atoms with Crippen LogP contribution < -0.4 is 0 Å². The van der Waals surface area contributed by atoms with Crippen molar-refractivity contribution >= 4 is 17.6 Å². The first-order valence-electron chi connectivity index (χ1n) is 6.62. The second kappa shape index (κ2) is 6.90. The Bertz CT molecular complexity index is 448. The molecule has 106 valence electrons. The van der Waals surface area contributed by atoms with E-state index in [2.05, 4.69) is 0 Å². The average Bonchev–Trinajstić information content (AvgIpc) is 2.38. The zero-order chi connectivity index (χ0) is 14.5. The zero-order valence-electron chi connectivity index (χ0n) is 11.4. The summed E-state index contributed by atoms with van der Waals surface area (Å²) >= 11 is 5.64. The van der Waals surface area contributed by atoms with Gasteiger partial charge in [0, 0.05) is 0 Å². The second-order valence-electron chi connectivity index (χ2n) is 4.97. The van der Waals surface area contributed by atoms with Gasteiger partial charge in [0.05, 0.1) is 10.4 Å². The lowest BCUT2D eigenvalue weighted by molar-refractivity contribution is -0.149. The Morgan fingerprint density at radius 1 is 1.42 bits per heavy atom. The molecule has 0 fully saturated rings. The highest BCUT2D eigenvalue weighted by atomic mass is 35.5. The van der Waals surface area contributed by atoms with Crippen molar-refractivity contribution < 1.29 is 14.3 Å². The summed E-state index contributed by atoms with van der Waals surface area (Å²) in [6.07, 6.45) is 3.29. The summed E-state index contributed by atoms with van der Waals surface area (Å²) in [6, 6.07) is 4.51. The van der Waals surface area contributed by atoms with Crippen molar-refractivity contribution in [3.8, 4) is 0 Å². The molecule has 0 radical (unpaired) electrons. The number of carboxylic acid groups (broad SMARTS) is 1.